The van der Waals surface area contributed by atoms with Crippen molar-refractivity contribution in [2.45, 2.75) is 39.7 Å². The lowest BCUT2D eigenvalue weighted by Crippen LogP contribution is -2.37. The van der Waals surface area contributed by atoms with Gasteiger partial charge in [-0.05, 0) is 30.0 Å². The molecular weight excluding hydrogens is 274 g/mol. The van der Waals surface area contributed by atoms with Crippen LogP contribution < -0.4 is 15.5 Å². The maximum Gasteiger partial charge on any atom is 0.191 e. The van der Waals surface area contributed by atoms with Crippen LogP contribution in [-0.4, -0.2) is 38.6 Å². The molecule has 0 saturated carbocycles. The fourth-order valence-electron chi connectivity index (χ4n) is 2.11. The van der Waals surface area contributed by atoms with Crippen molar-refractivity contribution in [1.29, 1.82) is 0 Å². The van der Waals surface area contributed by atoms with E-state index in [0.29, 0.717) is 0 Å². The molecule has 124 valence electrons. The largest absolute Gasteiger partial charge is 0.363 e. The minimum absolute atomic E-state index is 0.745. The van der Waals surface area contributed by atoms with Gasteiger partial charge in [-0.25, -0.2) is 4.98 Å². The van der Waals surface area contributed by atoms with Crippen LogP contribution in [0.5, 0.6) is 0 Å². The molecule has 0 aliphatic rings. The number of aliphatic imine (C=N–C) groups is 1. The molecule has 0 spiro atoms. The first-order valence-electron chi connectivity index (χ1n) is 8.09. The van der Waals surface area contributed by atoms with E-state index in [4.69, 9.17) is 0 Å². The minimum Gasteiger partial charge on any atom is -0.363 e. The van der Waals surface area contributed by atoms with Gasteiger partial charge in [0.2, 0.25) is 0 Å². The third-order valence-corrected chi connectivity index (χ3v) is 3.45. The van der Waals surface area contributed by atoms with Gasteiger partial charge >= 0.3 is 0 Å². The molecule has 0 aliphatic heterocycles. The summed E-state index contributed by atoms with van der Waals surface area (Å²) in [6.07, 6.45) is 5.57. The number of rotatable bonds is 8. The van der Waals surface area contributed by atoms with Crippen LogP contribution >= 0.6 is 0 Å². The molecule has 5 nitrogen and oxygen atoms in total. The number of guanidine groups is 1. The Morgan fingerprint density at radius 3 is 2.68 bits per heavy atom. The summed E-state index contributed by atoms with van der Waals surface area (Å²) in [6.45, 7) is 6.25. The fraction of sp³-hybridized carbons (Fsp3) is 0.647. The highest BCUT2D eigenvalue weighted by atomic mass is 15.2. The summed E-state index contributed by atoms with van der Waals surface area (Å²) in [6, 6.07) is 4.11. The highest BCUT2D eigenvalue weighted by Gasteiger charge is 2.01. The number of aromatic nitrogens is 1. The van der Waals surface area contributed by atoms with E-state index < -0.39 is 0 Å². The van der Waals surface area contributed by atoms with Crippen LogP contribution in [0.4, 0.5) is 5.82 Å². The molecule has 22 heavy (non-hydrogen) atoms. The summed E-state index contributed by atoms with van der Waals surface area (Å²) in [4.78, 5) is 10.6. The van der Waals surface area contributed by atoms with Crippen molar-refractivity contribution >= 4 is 11.8 Å². The monoisotopic (exact) mass is 305 g/mol. The third-order valence-electron chi connectivity index (χ3n) is 3.45. The van der Waals surface area contributed by atoms with Gasteiger partial charge in [-0.15, -0.1) is 0 Å². The van der Waals surface area contributed by atoms with E-state index >= 15 is 0 Å². The number of unbranched alkanes of at least 4 members (excludes halogenated alkanes) is 1. The van der Waals surface area contributed by atoms with Crippen LogP contribution in [0.3, 0.4) is 0 Å². The maximum absolute atomic E-state index is 4.32. The summed E-state index contributed by atoms with van der Waals surface area (Å²) >= 11 is 0. The lowest BCUT2D eigenvalue weighted by molar-refractivity contribution is 0.534. The Labute approximate surface area is 135 Å². The fourth-order valence-corrected chi connectivity index (χ4v) is 2.11. The summed E-state index contributed by atoms with van der Waals surface area (Å²) in [5.74, 6) is 2.61. The van der Waals surface area contributed by atoms with E-state index in [1.54, 1.807) is 7.05 Å². The molecule has 0 aliphatic carbocycles. The first kappa shape index (κ1) is 18.3. The van der Waals surface area contributed by atoms with Gasteiger partial charge < -0.3 is 15.5 Å². The van der Waals surface area contributed by atoms with E-state index in [1.807, 2.05) is 31.3 Å². The van der Waals surface area contributed by atoms with E-state index in [0.717, 1.165) is 30.8 Å². The van der Waals surface area contributed by atoms with E-state index in [2.05, 4.69) is 40.5 Å². The quantitative estimate of drug-likeness (QED) is 0.440. The van der Waals surface area contributed by atoms with Gasteiger partial charge in [0.15, 0.2) is 5.96 Å². The molecule has 5 heteroatoms. The number of anilines is 1. The Balaban J connectivity index is 2.33. The summed E-state index contributed by atoms with van der Waals surface area (Å²) in [5.41, 5.74) is 1.20. The Hall–Kier alpha value is -1.78. The van der Waals surface area contributed by atoms with Crippen LogP contribution in [0, 0.1) is 5.92 Å². The lowest BCUT2D eigenvalue weighted by Gasteiger charge is -2.14. The molecule has 0 radical (unpaired) electrons. The van der Waals surface area contributed by atoms with Gasteiger partial charge in [0.25, 0.3) is 0 Å². The number of hydrogen-bond acceptors (Lipinski definition) is 3. The topological polar surface area (TPSA) is 52.6 Å². The zero-order valence-corrected chi connectivity index (χ0v) is 14.7. The van der Waals surface area contributed by atoms with E-state index in [9.17, 15) is 0 Å². The molecule has 0 bridgehead atoms. The lowest BCUT2D eigenvalue weighted by atomic mass is 10.1. The second-order valence-electron chi connectivity index (χ2n) is 6.16. The van der Waals surface area contributed by atoms with Gasteiger partial charge in [0, 0.05) is 40.4 Å². The molecule has 1 heterocycles. The Bertz CT molecular complexity index is 454. The number of nitrogens with one attached hydrogen (secondary N) is 2. The molecule has 0 fully saturated rings. The Kier molecular flexibility index (Phi) is 8.33. The third kappa shape index (κ3) is 7.29. The number of hydrogen-bond donors (Lipinski definition) is 2. The SMILES string of the molecule is CN=C(NCCCCC(C)C)NCc1ccnc(N(C)C)c1. The predicted molar refractivity (Wildman–Crippen MR) is 95.5 cm³/mol. The van der Waals surface area contributed by atoms with Crippen molar-refractivity contribution < 1.29 is 0 Å². The second-order valence-corrected chi connectivity index (χ2v) is 6.16. The van der Waals surface area contributed by atoms with Gasteiger partial charge in [0.05, 0.1) is 0 Å². The van der Waals surface area contributed by atoms with Crippen molar-refractivity contribution in [2.75, 3.05) is 32.6 Å². The van der Waals surface area contributed by atoms with Gasteiger partial charge in [0.1, 0.15) is 5.82 Å². The van der Waals surface area contributed by atoms with Crippen LogP contribution in [0.2, 0.25) is 0 Å². The summed E-state index contributed by atoms with van der Waals surface area (Å²) in [7, 11) is 5.80. The maximum atomic E-state index is 4.32. The van der Waals surface area contributed by atoms with Crippen molar-refractivity contribution in [3.8, 4) is 0 Å². The van der Waals surface area contributed by atoms with E-state index in [1.165, 1.54) is 24.8 Å². The molecule has 0 atom stereocenters. The number of nitrogens with zero attached hydrogens (tertiary/aromatic N) is 3. The molecule has 0 aromatic carbocycles. The zero-order valence-electron chi connectivity index (χ0n) is 14.7. The highest BCUT2D eigenvalue weighted by Crippen LogP contribution is 2.09. The molecule has 1 rings (SSSR count). The van der Waals surface area contributed by atoms with Crippen molar-refractivity contribution in [1.82, 2.24) is 15.6 Å². The van der Waals surface area contributed by atoms with Gasteiger partial charge in [-0.1, -0.05) is 26.7 Å². The molecule has 2 N–H and O–H groups in total. The molecule has 0 saturated heterocycles. The van der Waals surface area contributed by atoms with Crippen LogP contribution in [0.25, 0.3) is 0 Å². The normalized spacial score (nSPS) is 11.6. The first-order chi connectivity index (χ1) is 10.5. The average molecular weight is 305 g/mol. The van der Waals surface area contributed by atoms with Gasteiger partial charge in [-0.2, -0.15) is 0 Å². The Morgan fingerprint density at radius 1 is 1.27 bits per heavy atom. The van der Waals surface area contributed by atoms with E-state index in [-0.39, 0.29) is 0 Å². The zero-order chi connectivity index (χ0) is 16.4. The molecule has 0 amide bonds. The van der Waals surface area contributed by atoms with Gasteiger partial charge in [-0.3, -0.25) is 4.99 Å². The molecule has 1 aromatic heterocycles. The average Bonchev–Trinajstić information content (AvgIpc) is 2.50. The highest BCUT2D eigenvalue weighted by molar-refractivity contribution is 5.79. The second kappa shape index (κ2) is 10.0. The summed E-state index contributed by atoms with van der Waals surface area (Å²) in [5, 5.41) is 6.71. The van der Waals surface area contributed by atoms with Crippen LogP contribution in [0.15, 0.2) is 23.3 Å². The smallest absolute Gasteiger partial charge is 0.191 e. The minimum atomic E-state index is 0.745. The molecular formula is C17H31N5. The predicted octanol–water partition coefficient (Wildman–Crippen LogP) is 2.64. The van der Waals surface area contributed by atoms with Crippen molar-refractivity contribution in [3.63, 3.8) is 0 Å². The van der Waals surface area contributed by atoms with Crippen molar-refractivity contribution in [2.24, 2.45) is 10.9 Å². The Morgan fingerprint density at radius 2 is 2.05 bits per heavy atom. The number of pyridine rings is 1. The molecule has 1 aromatic rings. The van der Waals surface area contributed by atoms with Crippen molar-refractivity contribution in [3.05, 3.63) is 23.9 Å². The standard InChI is InChI=1S/C17H31N5/c1-14(2)8-6-7-10-20-17(18-3)21-13-15-9-11-19-16(12-15)22(4)5/h9,11-12,14H,6-8,10,13H2,1-5H3,(H2,18,20,21). The summed E-state index contributed by atoms with van der Waals surface area (Å²) < 4.78 is 0. The van der Waals surface area contributed by atoms with Crippen LogP contribution in [0.1, 0.15) is 38.7 Å². The first-order valence-corrected chi connectivity index (χ1v) is 8.09. The molecule has 0 unspecified atom stereocenters. The van der Waals surface area contributed by atoms with Crippen LogP contribution in [-0.2, 0) is 6.54 Å².